The van der Waals surface area contributed by atoms with Gasteiger partial charge in [-0.1, -0.05) is 11.8 Å². The summed E-state index contributed by atoms with van der Waals surface area (Å²) in [7, 11) is -3.14. The molecule has 1 amide bonds. The van der Waals surface area contributed by atoms with Crippen molar-refractivity contribution in [2.45, 2.75) is 42.4 Å². The normalized spacial score (nSPS) is 27.0. The van der Waals surface area contributed by atoms with Crippen molar-refractivity contribution in [1.82, 2.24) is 20.1 Å². The molecule has 0 spiro atoms. The number of aryl methyl sites for hydroxylation is 1. The maximum atomic E-state index is 12.0. The molecule has 2 fully saturated rings. The fourth-order valence-corrected chi connectivity index (χ4v) is 5.93. The Hall–Kier alpha value is -0.800. The van der Waals surface area contributed by atoms with E-state index in [1.807, 2.05) is 6.92 Å². The smallest absolute Gasteiger partial charge is 0.230 e. The predicted octanol–water partition coefficient (Wildman–Crippen LogP) is 0.534. The zero-order chi connectivity index (χ0) is 15.9. The average molecular weight is 365 g/mol. The summed E-state index contributed by atoms with van der Waals surface area (Å²) in [5, 5.41) is 11.0. The van der Waals surface area contributed by atoms with Gasteiger partial charge in [0.05, 0.1) is 28.7 Å². The Kier molecular flexibility index (Phi) is 4.39. The Morgan fingerprint density at radius 3 is 2.73 bits per heavy atom. The molecule has 10 heteroatoms. The topological polar surface area (TPSA) is 94.0 Å². The first-order valence-corrected chi connectivity index (χ1v) is 10.3. The van der Waals surface area contributed by atoms with Crippen molar-refractivity contribution < 1.29 is 13.2 Å². The molecule has 2 atom stereocenters. The van der Waals surface area contributed by atoms with Crippen molar-refractivity contribution in [3.05, 3.63) is 5.82 Å². The number of carbonyl (C=O) groups is 1. The molecule has 122 valence electrons. The van der Waals surface area contributed by atoms with Gasteiger partial charge in [-0.15, -0.1) is 21.8 Å². The van der Waals surface area contributed by atoms with Crippen LogP contribution < -0.4 is 5.32 Å². The molecule has 1 aliphatic carbocycles. The Morgan fingerprint density at radius 2 is 2.14 bits per heavy atom. The Morgan fingerprint density at radius 1 is 1.41 bits per heavy atom. The first kappa shape index (κ1) is 16.1. The van der Waals surface area contributed by atoms with E-state index in [2.05, 4.69) is 20.1 Å². The first-order chi connectivity index (χ1) is 10.4. The number of aromatic nitrogens is 3. The van der Waals surface area contributed by atoms with E-state index in [0.29, 0.717) is 6.04 Å². The highest BCUT2D eigenvalue weighted by molar-refractivity contribution is 7.99. The zero-order valence-electron chi connectivity index (χ0n) is 12.0. The van der Waals surface area contributed by atoms with Crippen LogP contribution >= 0.6 is 23.4 Å². The van der Waals surface area contributed by atoms with E-state index in [9.17, 15) is 13.2 Å². The number of amides is 1. The third-order valence-corrected chi connectivity index (χ3v) is 7.03. The van der Waals surface area contributed by atoms with Crippen LogP contribution in [-0.4, -0.2) is 57.8 Å². The molecule has 1 aliphatic heterocycles. The number of sulfone groups is 1. The summed E-state index contributed by atoms with van der Waals surface area (Å²) < 4.78 is 25.0. The zero-order valence-corrected chi connectivity index (χ0v) is 14.4. The minimum atomic E-state index is -3.14. The minimum absolute atomic E-state index is 0.0815. The van der Waals surface area contributed by atoms with Crippen LogP contribution in [0.3, 0.4) is 0 Å². The average Bonchev–Trinajstić information content (AvgIpc) is 3.13. The second-order valence-corrected chi connectivity index (χ2v) is 9.34. The van der Waals surface area contributed by atoms with Crippen LogP contribution in [0.4, 0.5) is 0 Å². The van der Waals surface area contributed by atoms with E-state index >= 15 is 0 Å². The molecule has 1 aromatic heterocycles. The summed E-state index contributed by atoms with van der Waals surface area (Å²) in [6.07, 6.45) is 2.24. The highest BCUT2D eigenvalue weighted by Gasteiger charge is 2.37. The maximum absolute atomic E-state index is 12.0. The highest BCUT2D eigenvalue weighted by Crippen LogP contribution is 2.38. The van der Waals surface area contributed by atoms with Crippen LogP contribution in [0.5, 0.6) is 0 Å². The molecule has 2 heterocycles. The maximum Gasteiger partial charge on any atom is 0.230 e. The molecule has 3 rings (SSSR count). The van der Waals surface area contributed by atoms with Crippen molar-refractivity contribution in [3.8, 4) is 0 Å². The lowest BCUT2D eigenvalue weighted by atomic mass is 10.2. The second kappa shape index (κ2) is 6.01. The van der Waals surface area contributed by atoms with Gasteiger partial charge in [-0.2, -0.15) is 0 Å². The quantitative estimate of drug-likeness (QED) is 0.605. The van der Waals surface area contributed by atoms with Crippen molar-refractivity contribution >= 4 is 39.1 Å². The van der Waals surface area contributed by atoms with Crippen LogP contribution in [0.15, 0.2) is 5.16 Å². The van der Waals surface area contributed by atoms with Gasteiger partial charge >= 0.3 is 0 Å². The lowest BCUT2D eigenvalue weighted by Gasteiger charge is -2.14. The third-order valence-electron chi connectivity index (χ3n) is 3.71. The van der Waals surface area contributed by atoms with Gasteiger partial charge < -0.3 is 9.88 Å². The van der Waals surface area contributed by atoms with E-state index in [0.717, 1.165) is 23.8 Å². The summed E-state index contributed by atoms with van der Waals surface area (Å²) >= 11 is 7.29. The second-order valence-electron chi connectivity index (χ2n) is 5.69. The minimum Gasteiger partial charge on any atom is -0.350 e. The summed E-state index contributed by atoms with van der Waals surface area (Å²) in [4.78, 5) is 12.0. The fraction of sp³-hybridized carbons (Fsp3) is 0.750. The van der Waals surface area contributed by atoms with Crippen LogP contribution in [0, 0.1) is 6.92 Å². The van der Waals surface area contributed by atoms with Gasteiger partial charge in [0, 0.05) is 6.04 Å². The molecule has 22 heavy (non-hydrogen) atoms. The van der Waals surface area contributed by atoms with Gasteiger partial charge in [0.25, 0.3) is 0 Å². The predicted molar refractivity (Wildman–Crippen MR) is 84.0 cm³/mol. The molecule has 7 nitrogen and oxygen atoms in total. The highest BCUT2D eigenvalue weighted by atomic mass is 35.5. The standard InChI is InChI=1S/C12H17ClN4O3S2/c1-7-15-16-12(17(7)8-2-3-8)21-4-11(18)14-10-6-22(19,20)5-9(10)13/h8-10H,2-6H2,1H3,(H,14,18)/t9-,10-/m0/s1. The molecule has 0 unspecified atom stereocenters. The van der Waals surface area contributed by atoms with E-state index in [1.165, 1.54) is 11.8 Å². The number of nitrogens with zero attached hydrogens (tertiary/aromatic N) is 3. The number of carbonyl (C=O) groups excluding carboxylic acids is 1. The molecule has 0 aromatic carbocycles. The third kappa shape index (κ3) is 3.57. The molecule has 0 bridgehead atoms. The number of halogens is 1. The number of hydrogen-bond donors (Lipinski definition) is 1. The Balaban J connectivity index is 1.55. The van der Waals surface area contributed by atoms with Crippen LogP contribution in [-0.2, 0) is 14.6 Å². The van der Waals surface area contributed by atoms with Crippen LogP contribution in [0.2, 0.25) is 0 Å². The summed E-state index contributed by atoms with van der Waals surface area (Å²) in [5.74, 6) is 0.621. The molecule has 1 saturated heterocycles. The molecule has 1 saturated carbocycles. The number of hydrogen-bond acceptors (Lipinski definition) is 6. The molecule has 1 aromatic rings. The van der Waals surface area contributed by atoms with Crippen molar-refractivity contribution in [2.24, 2.45) is 0 Å². The largest absolute Gasteiger partial charge is 0.350 e. The number of alkyl halides is 1. The van der Waals surface area contributed by atoms with E-state index in [4.69, 9.17) is 11.6 Å². The monoisotopic (exact) mass is 364 g/mol. The van der Waals surface area contributed by atoms with Crippen LogP contribution in [0.1, 0.15) is 24.7 Å². The molecular formula is C12H17ClN4O3S2. The van der Waals surface area contributed by atoms with Crippen molar-refractivity contribution in [2.75, 3.05) is 17.3 Å². The Labute approximate surface area is 138 Å². The van der Waals surface area contributed by atoms with Gasteiger partial charge in [-0.25, -0.2) is 8.42 Å². The van der Waals surface area contributed by atoms with Gasteiger partial charge in [0.15, 0.2) is 15.0 Å². The fourth-order valence-electron chi connectivity index (χ4n) is 2.52. The SMILES string of the molecule is Cc1nnc(SCC(=O)N[C@H]2CS(=O)(=O)C[C@@H]2Cl)n1C1CC1. The molecule has 1 N–H and O–H groups in total. The van der Waals surface area contributed by atoms with Gasteiger partial charge in [-0.05, 0) is 19.8 Å². The van der Waals surface area contributed by atoms with Gasteiger partial charge in [-0.3, -0.25) is 4.79 Å². The molecule has 0 radical (unpaired) electrons. The Bertz CT molecular complexity index is 687. The molecule has 2 aliphatic rings. The summed E-state index contributed by atoms with van der Waals surface area (Å²) in [5.41, 5.74) is 0. The lowest BCUT2D eigenvalue weighted by molar-refractivity contribution is -0.119. The van der Waals surface area contributed by atoms with E-state index < -0.39 is 21.3 Å². The first-order valence-electron chi connectivity index (χ1n) is 7.04. The number of nitrogens with one attached hydrogen (secondary N) is 1. The van der Waals surface area contributed by atoms with E-state index in [1.54, 1.807) is 0 Å². The summed E-state index contributed by atoms with van der Waals surface area (Å²) in [6.45, 7) is 1.90. The van der Waals surface area contributed by atoms with Gasteiger partial charge in [0.2, 0.25) is 5.91 Å². The number of thioether (sulfide) groups is 1. The summed E-state index contributed by atoms with van der Waals surface area (Å²) in [6, 6.07) is -0.0597. The van der Waals surface area contributed by atoms with Crippen LogP contribution in [0.25, 0.3) is 0 Å². The lowest BCUT2D eigenvalue weighted by Crippen LogP contribution is -2.41. The van der Waals surface area contributed by atoms with Crippen molar-refractivity contribution in [1.29, 1.82) is 0 Å². The number of rotatable bonds is 5. The van der Waals surface area contributed by atoms with Gasteiger partial charge in [0.1, 0.15) is 5.82 Å². The molecular weight excluding hydrogens is 348 g/mol. The van der Waals surface area contributed by atoms with E-state index in [-0.39, 0.29) is 23.2 Å². The van der Waals surface area contributed by atoms with Crippen molar-refractivity contribution in [3.63, 3.8) is 0 Å².